The summed E-state index contributed by atoms with van der Waals surface area (Å²) in [5.74, 6) is -0.475. The summed E-state index contributed by atoms with van der Waals surface area (Å²) in [4.78, 5) is 2.33. The summed E-state index contributed by atoms with van der Waals surface area (Å²) in [6, 6.07) is 25.5. The van der Waals surface area contributed by atoms with E-state index in [9.17, 15) is 14.4 Å². The molecule has 0 aliphatic carbocycles. The van der Waals surface area contributed by atoms with Crippen molar-refractivity contribution in [2.24, 2.45) is 0 Å². The average Bonchev–Trinajstić information content (AvgIpc) is 2.89. The quantitative estimate of drug-likeness (QED) is 0.424. The van der Waals surface area contributed by atoms with E-state index in [2.05, 4.69) is 86.3 Å². The van der Waals surface area contributed by atoms with Crippen LogP contribution in [0.3, 0.4) is 0 Å². The lowest BCUT2D eigenvalue weighted by atomic mass is 9.80. The minimum Gasteiger partial charge on any atom is -0.489 e. The molecule has 0 unspecified atom stereocenters. The molecule has 1 fully saturated rings. The largest absolute Gasteiger partial charge is 0.489 e. The number of likely N-dealkylation sites (tertiary alicyclic amines) is 1. The summed E-state index contributed by atoms with van der Waals surface area (Å²) in [6.07, 6.45) is 2.03. The fourth-order valence-electron chi connectivity index (χ4n) is 5.27. The lowest BCUT2D eigenvalue weighted by molar-refractivity contribution is 0.0846. The van der Waals surface area contributed by atoms with Crippen LogP contribution in [0.5, 0.6) is 5.75 Å². The van der Waals surface area contributed by atoms with Gasteiger partial charge in [0, 0.05) is 25.7 Å². The Labute approximate surface area is 221 Å². The number of nitrogens with zero attached hydrogens (tertiary/aromatic N) is 1. The lowest BCUT2D eigenvalue weighted by Crippen LogP contribution is -2.68. The summed E-state index contributed by atoms with van der Waals surface area (Å²) in [6.45, 7) is 9.75. The van der Waals surface area contributed by atoms with Crippen LogP contribution in [0.15, 0.2) is 78.9 Å². The Morgan fingerprint density at radius 1 is 0.919 bits per heavy atom. The molecule has 3 aromatic carbocycles. The fraction of sp³-hybridized carbons (Fsp3) is 0.379. The molecule has 0 spiro atoms. The molecule has 0 atom stereocenters. The summed E-state index contributed by atoms with van der Waals surface area (Å²) >= 11 is 0. The number of hydrogen-bond acceptors (Lipinski definition) is 5. The number of hydrogen-bond donors (Lipinski definition) is 2. The predicted molar refractivity (Wildman–Crippen MR) is 150 cm³/mol. The molecule has 1 aliphatic heterocycles. The van der Waals surface area contributed by atoms with Crippen LogP contribution in [0.1, 0.15) is 33.6 Å². The molecule has 196 valence electrons. The molecule has 1 saturated heterocycles. The van der Waals surface area contributed by atoms with Crippen molar-refractivity contribution in [2.45, 2.75) is 44.8 Å². The first kappa shape index (κ1) is 27.5. The third kappa shape index (κ3) is 6.33. The SMILES string of the molecule is CC(C)(C)[Si](OC1CCN(CCOc2ccc(B(O)O)cc2F)CC1)(c1ccccc1)c1ccccc1. The van der Waals surface area contributed by atoms with Gasteiger partial charge >= 0.3 is 7.12 Å². The molecule has 1 aliphatic rings. The second-order valence-corrected chi connectivity index (χ2v) is 15.0. The van der Waals surface area contributed by atoms with Gasteiger partial charge in [-0.05, 0) is 45.8 Å². The minimum absolute atomic E-state index is 0.0492. The van der Waals surface area contributed by atoms with Gasteiger partial charge in [-0.15, -0.1) is 0 Å². The van der Waals surface area contributed by atoms with E-state index in [0.717, 1.165) is 32.0 Å². The summed E-state index contributed by atoms with van der Waals surface area (Å²) in [7, 11) is -4.27. The van der Waals surface area contributed by atoms with E-state index < -0.39 is 21.3 Å². The standard InChI is InChI=1S/C29H37BFNO4Si/c1-29(2,3)37(25-10-6-4-7-11-25,26-12-8-5-9-13-26)36-24-16-18-32(19-17-24)20-21-35-28-15-14-23(30(33)34)22-27(28)31/h4-15,22,24,33-34H,16-21H2,1-3H3. The molecule has 0 bridgehead atoms. The van der Waals surface area contributed by atoms with E-state index in [1.807, 2.05) is 0 Å². The van der Waals surface area contributed by atoms with E-state index in [4.69, 9.17) is 9.16 Å². The third-order valence-electron chi connectivity index (χ3n) is 7.21. The second kappa shape index (κ2) is 11.9. The van der Waals surface area contributed by atoms with Crippen LogP contribution in [0, 0.1) is 5.82 Å². The van der Waals surface area contributed by atoms with Crippen LogP contribution < -0.4 is 20.6 Å². The molecule has 0 saturated carbocycles. The highest BCUT2D eigenvalue weighted by Gasteiger charge is 2.51. The van der Waals surface area contributed by atoms with E-state index >= 15 is 0 Å². The normalized spacial score (nSPS) is 15.5. The van der Waals surface area contributed by atoms with Crippen molar-refractivity contribution in [3.05, 3.63) is 84.7 Å². The molecule has 2 N–H and O–H groups in total. The second-order valence-electron chi connectivity index (χ2n) is 10.7. The molecule has 0 aromatic heterocycles. The topological polar surface area (TPSA) is 62.2 Å². The maximum absolute atomic E-state index is 14.2. The smallest absolute Gasteiger partial charge is 0.488 e. The van der Waals surface area contributed by atoms with Crippen LogP contribution >= 0.6 is 0 Å². The van der Waals surface area contributed by atoms with Gasteiger partial charge in [0.25, 0.3) is 8.32 Å². The Bertz CT molecular complexity index is 1100. The molecule has 4 rings (SSSR count). The summed E-state index contributed by atoms with van der Waals surface area (Å²) in [5.41, 5.74) is 0.104. The van der Waals surface area contributed by atoms with E-state index in [1.54, 1.807) is 0 Å². The Morgan fingerprint density at radius 2 is 1.49 bits per heavy atom. The van der Waals surface area contributed by atoms with Gasteiger partial charge in [-0.25, -0.2) is 4.39 Å². The first-order chi connectivity index (χ1) is 17.7. The van der Waals surface area contributed by atoms with Crippen molar-refractivity contribution in [3.8, 4) is 5.75 Å². The van der Waals surface area contributed by atoms with Gasteiger partial charge in [0.2, 0.25) is 0 Å². The number of halogens is 1. The molecular formula is C29H37BFNO4Si. The molecule has 37 heavy (non-hydrogen) atoms. The number of rotatable bonds is 9. The molecule has 1 heterocycles. The zero-order valence-corrected chi connectivity index (χ0v) is 22.9. The molecule has 3 aromatic rings. The zero-order chi connectivity index (χ0) is 26.5. The van der Waals surface area contributed by atoms with Gasteiger partial charge in [0.15, 0.2) is 11.6 Å². The Balaban J connectivity index is 1.40. The van der Waals surface area contributed by atoms with Crippen molar-refractivity contribution in [3.63, 3.8) is 0 Å². The van der Waals surface area contributed by atoms with Crippen LogP contribution in [0.25, 0.3) is 0 Å². The lowest BCUT2D eigenvalue weighted by Gasteiger charge is -2.46. The fourth-order valence-corrected chi connectivity index (χ4v) is 10.0. The van der Waals surface area contributed by atoms with E-state index in [1.165, 1.54) is 22.5 Å². The van der Waals surface area contributed by atoms with Gasteiger partial charge in [-0.1, -0.05) is 87.5 Å². The molecular weight excluding hydrogens is 484 g/mol. The van der Waals surface area contributed by atoms with Crippen LogP contribution in [0.4, 0.5) is 4.39 Å². The molecule has 5 nitrogen and oxygen atoms in total. The van der Waals surface area contributed by atoms with Crippen molar-refractivity contribution < 1.29 is 23.6 Å². The van der Waals surface area contributed by atoms with Crippen molar-refractivity contribution in [2.75, 3.05) is 26.2 Å². The van der Waals surface area contributed by atoms with Crippen molar-refractivity contribution in [1.82, 2.24) is 4.90 Å². The van der Waals surface area contributed by atoms with Crippen LogP contribution in [0.2, 0.25) is 5.04 Å². The summed E-state index contributed by atoms with van der Waals surface area (Å²) < 4.78 is 27.1. The highest BCUT2D eigenvalue weighted by Crippen LogP contribution is 2.38. The van der Waals surface area contributed by atoms with Crippen LogP contribution in [-0.2, 0) is 4.43 Å². The minimum atomic E-state index is -2.57. The molecule has 0 radical (unpaired) electrons. The highest BCUT2D eigenvalue weighted by molar-refractivity contribution is 6.99. The van der Waals surface area contributed by atoms with Crippen molar-refractivity contribution >= 4 is 31.3 Å². The first-order valence-electron chi connectivity index (χ1n) is 13.0. The van der Waals surface area contributed by atoms with E-state index in [0.29, 0.717) is 13.2 Å². The van der Waals surface area contributed by atoms with Gasteiger partial charge < -0.3 is 19.2 Å². The predicted octanol–water partition coefficient (Wildman–Crippen LogP) is 2.93. The van der Waals surface area contributed by atoms with E-state index in [-0.39, 0.29) is 22.4 Å². The number of benzene rings is 3. The highest BCUT2D eigenvalue weighted by atomic mass is 28.4. The van der Waals surface area contributed by atoms with Crippen molar-refractivity contribution in [1.29, 1.82) is 0 Å². The van der Waals surface area contributed by atoms with Gasteiger partial charge in [-0.2, -0.15) is 0 Å². The maximum Gasteiger partial charge on any atom is 0.488 e. The molecule has 8 heteroatoms. The molecule has 0 amide bonds. The summed E-state index contributed by atoms with van der Waals surface area (Å²) in [5, 5.41) is 20.9. The Kier molecular flexibility index (Phi) is 8.87. The Morgan fingerprint density at radius 3 is 1.97 bits per heavy atom. The van der Waals surface area contributed by atoms with Gasteiger partial charge in [-0.3, -0.25) is 4.90 Å². The number of piperidine rings is 1. The average molecular weight is 522 g/mol. The third-order valence-corrected chi connectivity index (χ3v) is 12.3. The van der Waals surface area contributed by atoms with Gasteiger partial charge in [0.05, 0.1) is 0 Å². The number of ether oxygens (including phenoxy) is 1. The maximum atomic E-state index is 14.2. The van der Waals surface area contributed by atoms with Crippen LogP contribution in [-0.4, -0.2) is 62.7 Å². The zero-order valence-electron chi connectivity index (χ0n) is 21.9. The first-order valence-corrected chi connectivity index (χ1v) is 14.9. The van der Waals surface area contributed by atoms with Gasteiger partial charge in [0.1, 0.15) is 6.61 Å². The monoisotopic (exact) mass is 521 g/mol. The Hall–Kier alpha value is -2.49.